The van der Waals surface area contributed by atoms with Crippen LogP contribution in [0.2, 0.25) is 0 Å². The van der Waals surface area contributed by atoms with Crippen molar-refractivity contribution in [3.05, 3.63) is 18.5 Å². The number of aromatic nitrogens is 1. The molecule has 0 saturated carbocycles. The van der Waals surface area contributed by atoms with Crippen LogP contribution >= 0.6 is 0 Å². The van der Waals surface area contributed by atoms with Crippen LogP contribution in [0.5, 0.6) is 0 Å². The molecule has 0 aliphatic carbocycles. The van der Waals surface area contributed by atoms with Gasteiger partial charge in [0.1, 0.15) is 6.10 Å². The molecule has 2 rings (SSSR count). The molecule has 0 radical (unpaired) electrons. The number of hydrogen-bond acceptors (Lipinski definition) is 7. The van der Waals surface area contributed by atoms with E-state index >= 15 is 0 Å². The van der Waals surface area contributed by atoms with Crippen LogP contribution in [0, 0.1) is 0 Å². The summed E-state index contributed by atoms with van der Waals surface area (Å²) in [6.45, 7) is 1.52. The maximum atomic E-state index is 10.9. The quantitative estimate of drug-likeness (QED) is 0.588. The second-order valence-electron chi connectivity index (χ2n) is 4.11. The summed E-state index contributed by atoms with van der Waals surface area (Å²) in [5, 5.41) is 0. The summed E-state index contributed by atoms with van der Waals surface area (Å²) in [6, 6.07) is 1.88. The molecule has 0 amide bonds. The van der Waals surface area contributed by atoms with Gasteiger partial charge in [-0.2, -0.15) is 5.90 Å². The fraction of sp³-hybridized carbons (Fsp3) is 0.455. The molecule has 0 aromatic carbocycles. The molecule has 1 aromatic rings. The number of carbonyl (C=O) groups excluding carboxylic acids is 1. The number of rotatable bonds is 2. The number of nitrogens with two attached hydrogens (primary N) is 2. The van der Waals surface area contributed by atoms with E-state index in [0.29, 0.717) is 5.69 Å². The molecule has 1 aliphatic heterocycles. The van der Waals surface area contributed by atoms with E-state index in [1.165, 1.54) is 0 Å². The molecule has 4 N–H and O–H groups in total. The van der Waals surface area contributed by atoms with Gasteiger partial charge in [-0.25, -0.2) is 4.79 Å². The molecule has 7 heteroatoms. The Labute approximate surface area is 105 Å². The number of anilines is 2. The Balaban J connectivity index is 1.91. The van der Waals surface area contributed by atoms with Crippen molar-refractivity contribution in [3.63, 3.8) is 0 Å². The van der Waals surface area contributed by atoms with E-state index in [2.05, 4.69) is 14.7 Å². The van der Waals surface area contributed by atoms with Crippen molar-refractivity contribution in [3.8, 4) is 0 Å². The molecular formula is C11H16N4O3. The zero-order valence-electron chi connectivity index (χ0n) is 9.91. The minimum absolute atomic E-state index is 0.152. The van der Waals surface area contributed by atoms with Gasteiger partial charge in [0, 0.05) is 32.1 Å². The minimum Gasteiger partial charge on any atom is -0.430 e. The van der Waals surface area contributed by atoms with Crippen molar-refractivity contribution < 1.29 is 14.4 Å². The molecule has 0 atom stereocenters. The Hall–Kier alpha value is -2.02. The number of nitrogen functional groups attached to an aromatic ring is 1. The van der Waals surface area contributed by atoms with E-state index in [4.69, 9.17) is 16.4 Å². The van der Waals surface area contributed by atoms with Crippen LogP contribution in [0.4, 0.5) is 16.2 Å². The Morgan fingerprint density at radius 2 is 2.17 bits per heavy atom. The molecular weight excluding hydrogens is 236 g/mol. The van der Waals surface area contributed by atoms with Crippen molar-refractivity contribution in [2.75, 3.05) is 23.7 Å². The lowest BCUT2D eigenvalue weighted by Crippen LogP contribution is -2.38. The highest BCUT2D eigenvalue weighted by molar-refractivity contribution is 5.66. The number of piperidine rings is 1. The Bertz CT molecular complexity index is 419. The normalized spacial score (nSPS) is 16.4. The van der Waals surface area contributed by atoms with E-state index in [9.17, 15) is 4.79 Å². The smallest absolute Gasteiger partial charge is 0.430 e. The highest BCUT2D eigenvalue weighted by Gasteiger charge is 2.23. The standard InChI is InChI=1S/C11H16N4O3/c12-9-7-14-4-1-10(9)15-5-2-8(3-6-15)17-11(16)18-13/h1,4,7-8H,2-3,5-6,12-13H2. The van der Waals surface area contributed by atoms with Gasteiger partial charge in [-0.1, -0.05) is 0 Å². The number of nitrogens with zero attached hydrogens (tertiary/aromatic N) is 2. The van der Waals surface area contributed by atoms with Gasteiger partial charge >= 0.3 is 6.16 Å². The van der Waals surface area contributed by atoms with E-state index < -0.39 is 6.16 Å². The molecule has 1 fully saturated rings. The minimum atomic E-state index is -0.836. The van der Waals surface area contributed by atoms with Gasteiger partial charge in [0.05, 0.1) is 17.6 Å². The maximum absolute atomic E-state index is 10.9. The third-order valence-electron chi connectivity index (χ3n) is 2.97. The van der Waals surface area contributed by atoms with Gasteiger partial charge in [-0.15, -0.1) is 0 Å². The van der Waals surface area contributed by atoms with E-state index in [0.717, 1.165) is 31.6 Å². The summed E-state index contributed by atoms with van der Waals surface area (Å²) in [7, 11) is 0. The Kier molecular flexibility index (Phi) is 3.83. The second-order valence-corrected chi connectivity index (χ2v) is 4.11. The largest absolute Gasteiger partial charge is 0.527 e. The lowest BCUT2D eigenvalue weighted by atomic mass is 10.1. The number of carbonyl (C=O) groups is 1. The molecule has 0 spiro atoms. The molecule has 0 unspecified atom stereocenters. The highest BCUT2D eigenvalue weighted by Crippen LogP contribution is 2.25. The van der Waals surface area contributed by atoms with Gasteiger partial charge < -0.3 is 20.2 Å². The summed E-state index contributed by atoms with van der Waals surface area (Å²) in [5.74, 6) is 4.72. The summed E-state index contributed by atoms with van der Waals surface area (Å²) >= 11 is 0. The lowest BCUT2D eigenvalue weighted by molar-refractivity contribution is 0.0153. The van der Waals surface area contributed by atoms with Crippen molar-refractivity contribution in [1.29, 1.82) is 0 Å². The first-order valence-electron chi connectivity index (χ1n) is 5.72. The van der Waals surface area contributed by atoms with Gasteiger partial charge in [0.25, 0.3) is 0 Å². The predicted molar refractivity (Wildman–Crippen MR) is 65.6 cm³/mol. The second kappa shape index (κ2) is 5.54. The summed E-state index contributed by atoms with van der Waals surface area (Å²) in [5.41, 5.74) is 7.48. The van der Waals surface area contributed by atoms with Crippen LogP contribution in [0.1, 0.15) is 12.8 Å². The lowest BCUT2D eigenvalue weighted by Gasteiger charge is -2.33. The van der Waals surface area contributed by atoms with Crippen LogP contribution in [-0.2, 0) is 9.57 Å². The van der Waals surface area contributed by atoms with E-state index in [1.54, 1.807) is 12.4 Å². The van der Waals surface area contributed by atoms with Crippen molar-refractivity contribution >= 4 is 17.5 Å². The Morgan fingerprint density at radius 1 is 1.44 bits per heavy atom. The first kappa shape index (κ1) is 12.4. The number of pyridine rings is 1. The average Bonchev–Trinajstić information content (AvgIpc) is 2.40. The van der Waals surface area contributed by atoms with Gasteiger partial charge in [-0.05, 0) is 6.07 Å². The highest BCUT2D eigenvalue weighted by atomic mass is 16.8. The number of ether oxygens (including phenoxy) is 1. The van der Waals surface area contributed by atoms with Crippen molar-refractivity contribution in [2.24, 2.45) is 5.90 Å². The Morgan fingerprint density at radius 3 is 2.78 bits per heavy atom. The zero-order chi connectivity index (χ0) is 13.0. The first-order chi connectivity index (χ1) is 8.70. The summed E-state index contributed by atoms with van der Waals surface area (Å²) in [6.07, 6.45) is 3.79. The summed E-state index contributed by atoms with van der Waals surface area (Å²) in [4.78, 5) is 21.0. The van der Waals surface area contributed by atoms with Crippen molar-refractivity contribution in [1.82, 2.24) is 4.98 Å². The SMILES string of the molecule is NOC(=O)OC1CCN(c2ccncc2N)CC1. The third kappa shape index (κ3) is 2.80. The van der Waals surface area contributed by atoms with Gasteiger partial charge in [0.2, 0.25) is 0 Å². The van der Waals surface area contributed by atoms with Crippen molar-refractivity contribution in [2.45, 2.75) is 18.9 Å². The maximum Gasteiger partial charge on any atom is 0.527 e. The molecule has 98 valence electrons. The fourth-order valence-corrected chi connectivity index (χ4v) is 2.07. The monoisotopic (exact) mass is 252 g/mol. The fourth-order valence-electron chi connectivity index (χ4n) is 2.07. The van der Waals surface area contributed by atoms with Crippen LogP contribution in [-0.4, -0.2) is 30.3 Å². The van der Waals surface area contributed by atoms with Crippen LogP contribution in [0.3, 0.4) is 0 Å². The van der Waals surface area contributed by atoms with Crippen LogP contribution in [0.25, 0.3) is 0 Å². The van der Waals surface area contributed by atoms with E-state index in [-0.39, 0.29) is 6.10 Å². The van der Waals surface area contributed by atoms with Gasteiger partial charge in [-0.3, -0.25) is 4.98 Å². The summed E-state index contributed by atoms with van der Waals surface area (Å²) < 4.78 is 5.00. The van der Waals surface area contributed by atoms with E-state index in [1.807, 2.05) is 6.07 Å². The molecule has 0 bridgehead atoms. The first-order valence-corrected chi connectivity index (χ1v) is 5.72. The molecule has 1 saturated heterocycles. The average molecular weight is 252 g/mol. The van der Waals surface area contributed by atoms with Gasteiger partial charge in [0.15, 0.2) is 0 Å². The zero-order valence-corrected chi connectivity index (χ0v) is 9.91. The topological polar surface area (TPSA) is 104 Å². The third-order valence-corrected chi connectivity index (χ3v) is 2.97. The van der Waals surface area contributed by atoms with Crippen LogP contribution in [0.15, 0.2) is 18.5 Å². The molecule has 18 heavy (non-hydrogen) atoms. The van der Waals surface area contributed by atoms with Crippen LogP contribution < -0.4 is 16.5 Å². The number of hydrogen-bond donors (Lipinski definition) is 2. The molecule has 2 heterocycles. The molecule has 7 nitrogen and oxygen atoms in total. The molecule has 1 aromatic heterocycles. The predicted octanol–water partition coefficient (Wildman–Crippen LogP) is 0.659. The molecule has 1 aliphatic rings.